The minimum absolute atomic E-state index is 0.581. The first-order valence-corrected chi connectivity index (χ1v) is 7.83. The van der Waals surface area contributed by atoms with Crippen LogP contribution in [0.1, 0.15) is 32.6 Å². The summed E-state index contributed by atoms with van der Waals surface area (Å²) in [5.41, 5.74) is 1.18. The molecule has 1 saturated carbocycles. The fraction of sp³-hybridized carbons (Fsp3) is 0.647. The molecule has 1 atom stereocenters. The third-order valence-corrected chi connectivity index (χ3v) is 4.40. The number of benzene rings is 1. The van der Waals surface area contributed by atoms with Gasteiger partial charge in [-0.15, -0.1) is 0 Å². The molecular formula is C17H28N2O. The van der Waals surface area contributed by atoms with Gasteiger partial charge in [0.1, 0.15) is 5.75 Å². The van der Waals surface area contributed by atoms with E-state index in [0.717, 1.165) is 24.8 Å². The number of nitrogens with one attached hydrogen (secondary N) is 1. The maximum absolute atomic E-state index is 5.47. The normalized spacial score (nSPS) is 17.1. The largest absolute Gasteiger partial charge is 0.495 e. The Labute approximate surface area is 123 Å². The van der Waals surface area contributed by atoms with E-state index in [-0.39, 0.29) is 0 Å². The molecule has 0 amide bonds. The number of methoxy groups -OCH3 is 1. The SMILES string of the molecule is CCNC(CN(C)c1ccccc1OC)C1CCCC1. The average molecular weight is 276 g/mol. The monoisotopic (exact) mass is 276 g/mol. The van der Waals surface area contributed by atoms with Crippen LogP contribution in [0.4, 0.5) is 5.69 Å². The number of hydrogen-bond donors (Lipinski definition) is 1. The summed E-state index contributed by atoms with van der Waals surface area (Å²) in [6.07, 6.45) is 5.53. The van der Waals surface area contributed by atoms with Crippen LogP contribution in [0.3, 0.4) is 0 Å². The molecule has 0 saturated heterocycles. The van der Waals surface area contributed by atoms with Gasteiger partial charge >= 0.3 is 0 Å². The third kappa shape index (κ3) is 3.66. The van der Waals surface area contributed by atoms with Crippen molar-refractivity contribution in [3.05, 3.63) is 24.3 Å². The average Bonchev–Trinajstić information content (AvgIpc) is 3.00. The van der Waals surface area contributed by atoms with E-state index in [4.69, 9.17) is 4.74 Å². The van der Waals surface area contributed by atoms with Crippen molar-refractivity contribution in [2.24, 2.45) is 5.92 Å². The Balaban J connectivity index is 2.05. The van der Waals surface area contributed by atoms with Crippen molar-refractivity contribution in [1.82, 2.24) is 5.32 Å². The highest BCUT2D eigenvalue weighted by molar-refractivity contribution is 5.57. The van der Waals surface area contributed by atoms with Gasteiger partial charge in [0.05, 0.1) is 12.8 Å². The zero-order valence-corrected chi connectivity index (χ0v) is 13.1. The first-order valence-electron chi connectivity index (χ1n) is 7.83. The molecule has 3 heteroatoms. The lowest BCUT2D eigenvalue weighted by Gasteiger charge is -2.31. The van der Waals surface area contributed by atoms with Crippen LogP contribution in [-0.2, 0) is 0 Å². The minimum atomic E-state index is 0.581. The maximum atomic E-state index is 5.47. The van der Waals surface area contributed by atoms with Crippen LogP contribution in [0.15, 0.2) is 24.3 Å². The predicted octanol–water partition coefficient (Wildman–Crippen LogP) is 3.30. The number of nitrogens with zero attached hydrogens (tertiary/aromatic N) is 1. The van der Waals surface area contributed by atoms with E-state index >= 15 is 0 Å². The molecule has 0 bridgehead atoms. The highest BCUT2D eigenvalue weighted by Gasteiger charge is 2.25. The molecule has 1 aromatic carbocycles. The summed E-state index contributed by atoms with van der Waals surface area (Å²) in [7, 11) is 3.91. The molecule has 0 spiro atoms. The Morgan fingerprint density at radius 1 is 1.30 bits per heavy atom. The van der Waals surface area contributed by atoms with Gasteiger partial charge in [-0.1, -0.05) is 31.9 Å². The molecule has 1 unspecified atom stereocenters. The van der Waals surface area contributed by atoms with Crippen LogP contribution < -0.4 is 15.0 Å². The summed E-state index contributed by atoms with van der Waals surface area (Å²) < 4.78 is 5.47. The Kier molecular flexibility index (Phi) is 5.72. The smallest absolute Gasteiger partial charge is 0.142 e. The number of ether oxygens (including phenoxy) is 1. The number of para-hydroxylation sites is 2. The van der Waals surface area contributed by atoms with Crippen molar-refractivity contribution >= 4 is 5.69 Å². The molecular weight excluding hydrogens is 248 g/mol. The van der Waals surface area contributed by atoms with E-state index in [9.17, 15) is 0 Å². The summed E-state index contributed by atoms with van der Waals surface area (Å²) in [4.78, 5) is 2.32. The van der Waals surface area contributed by atoms with Gasteiger partial charge in [-0.05, 0) is 37.4 Å². The highest BCUT2D eigenvalue weighted by Crippen LogP contribution is 2.31. The zero-order chi connectivity index (χ0) is 14.4. The fourth-order valence-corrected chi connectivity index (χ4v) is 3.34. The van der Waals surface area contributed by atoms with E-state index < -0.39 is 0 Å². The first-order chi connectivity index (χ1) is 9.76. The van der Waals surface area contributed by atoms with Crippen LogP contribution >= 0.6 is 0 Å². The van der Waals surface area contributed by atoms with E-state index in [1.807, 2.05) is 12.1 Å². The van der Waals surface area contributed by atoms with Gasteiger partial charge < -0.3 is 15.0 Å². The molecule has 20 heavy (non-hydrogen) atoms. The van der Waals surface area contributed by atoms with Gasteiger partial charge in [0.25, 0.3) is 0 Å². The van der Waals surface area contributed by atoms with E-state index in [0.29, 0.717) is 6.04 Å². The molecule has 0 radical (unpaired) electrons. The first kappa shape index (κ1) is 15.2. The van der Waals surface area contributed by atoms with Crippen LogP contribution in [-0.4, -0.2) is 33.3 Å². The third-order valence-electron chi connectivity index (χ3n) is 4.40. The summed E-state index contributed by atoms with van der Waals surface area (Å²) >= 11 is 0. The van der Waals surface area contributed by atoms with E-state index in [1.54, 1.807) is 7.11 Å². The second-order valence-corrected chi connectivity index (χ2v) is 5.76. The quantitative estimate of drug-likeness (QED) is 0.827. The second kappa shape index (κ2) is 7.53. The molecule has 2 rings (SSSR count). The summed E-state index contributed by atoms with van der Waals surface area (Å²) in [6.45, 7) is 4.28. The number of likely N-dealkylation sites (N-methyl/N-ethyl adjacent to an activating group) is 2. The molecule has 3 nitrogen and oxygen atoms in total. The molecule has 112 valence electrons. The summed E-state index contributed by atoms with van der Waals surface area (Å²) in [6, 6.07) is 8.85. The molecule has 0 aromatic heterocycles. The Morgan fingerprint density at radius 3 is 2.65 bits per heavy atom. The van der Waals surface area contributed by atoms with Gasteiger partial charge in [0.15, 0.2) is 0 Å². The molecule has 1 aliphatic carbocycles. The summed E-state index contributed by atoms with van der Waals surface area (Å²) in [5.74, 6) is 1.78. The Hall–Kier alpha value is -1.22. The molecule has 1 aromatic rings. The van der Waals surface area contributed by atoms with Gasteiger partial charge in [0, 0.05) is 19.6 Å². The molecule has 1 aliphatic rings. The molecule has 1 fully saturated rings. The van der Waals surface area contributed by atoms with Gasteiger partial charge in [-0.25, -0.2) is 0 Å². The van der Waals surface area contributed by atoms with Crippen LogP contribution in [0, 0.1) is 5.92 Å². The lowest BCUT2D eigenvalue weighted by atomic mass is 9.97. The van der Waals surface area contributed by atoms with Crippen molar-refractivity contribution in [1.29, 1.82) is 0 Å². The van der Waals surface area contributed by atoms with E-state index in [1.165, 1.54) is 31.4 Å². The van der Waals surface area contributed by atoms with Gasteiger partial charge in [0.2, 0.25) is 0 Å². The molecule has 0 heterocycles. The van der Waals surface area contributed by atoms with Crippen molar-refractivity contribution in [2.75, 3.05) is 32.1 Å². The second-order valence-electron chi connectivity index (χ2n) is 5.76. The van der Waals surface area contributed by atoms with Crippen molar-refractivity contribution < 1.29 is 4.74 Å². The lowest BCUT2D eigenvalue weighted by Crippen LogP contribution is -2.44. The van der Waals surface area contributed by atoms with Crippen LogP contribution in [0.2, 0.25) is 0 Å². The lowest BCUT2D eigenvalue weighted by molar-refractivity contribution is 0.365. The van der Waals surface area contributed by atoms with Crippen molar-refractivity contribution in [2.45, 2.75) is 38.6 Å². The Morgan fingerprint density at radius 2 is 2.00 bits per heavy atom. The topological polar surface area (TPSA) is 24.5 Å². The highest BCUT2D eigenvalue weighted by atomic mass is 16.5. The van der Waals surface area contributed by atoms with E-state index in [2.05, 4.69) is 36.3 Å². The Bertz CT molecular complexity index is 402. The van der Waals surface area contributed by atoms with Gasteiger partial charge in [-0.3, -0.25) is 0 Å². The number of hydrogen-bond acceptors (Lipinski definition) is 3. The number of rotatable bonds is 7. The zero-order valence-electron chi connectivity index (χ0n) is 13.1. The van der Waals surface area contributed by atoms with Crippen molar-refractivity contribution in [3.8, 4) is 5.75 Å². The summed E-state index contributed by atoms with van der Waals surface area (Å²) in [5, 5.41) is 3.68. The van der Waals surface area contributed by atoms with Crippen molar-refractivity contribution in [3.63, 3.8) is 0 Å². The molecule has 0 aliphatic heterocycles. The van der Waals surface area contributed by atoms with Gasteiger partial charge in [-0.2, -0.15) is 0 Å². The maximum Gasteiger partial charge on any atom is 0.142 e. The predicted molar refractivity (Wildman–Crippen MR) is 85.7 cm³/mol. The standard InChI is InChI=1S/C17H28N2O/c1-4-18-15(14-9-5-6-10-14)13-19(2)16-11-7-8-12-17(16)20-3/h7-8,11-12,14-15,18H,4-6,9-10,13H2,1-3H3. The number of anilines is 1. The molecule has 1 N–H and O–H groups in total. The fourth-order valence-electron chi connectivity index (χ4n) is 3.34. The minimum Gasteiger partial charge on any atom is -0.495 e. The van der Waals surface area contributed by atoms with Crippen LogP contribution in [0.5, 0.6) is 5.75 Å². The van der Waals surface area contributed by atoms with Crippen LogP contribution in [0.25, 0.3) is 0 Å².